The largest absolute Gasteiger partial charge is 0.508 e. The molecule has 0 saturated carbocycles. The average Bonchev–Trinajstić information content (AvgIpc) is 2.73. The van der Waals surface area contributed by atoms with Crippen LogP contribution in [0.3, 0.4) is 0 Å². The summed E-state index contributed by atoms with van der Waals surface area (Å²) >= 11 is 0. The lowest BCUT2D eigenvalue weighted by molar-refractivity contribution is -0.134. The van der Waals surface area contributed by atoms with Gasteiger partial charge in [0.05, 0.1) is 6.61 Å². The van der Waals surface area contributed by atoms with Gasteiger partial charge in [-0.05, 0) is 50.1 Å². The van der Waals surface area contributed by atoms with Crippen LogP contribution < -0.4 is 14.8 Å². The van der Waals surface area contributed by atoms with Crippen LogP contribution in [0.1, 0.15) is 30.1 Å². The van der Waals surface area contributed by atoms with Crippen LogP contribution in [0, 0.1) is 0 Å². The summed E-state index contributed by atoms with van der Waals surface area (Å²) in [4.78, 5) is 26.5. The molecule has 0 aromatic heterocycles. The predicted octanol–water partition coefficient (Wildman–Crippen LogP) is 2.59. The Labute approximate surface area is 170 Å². The van der Waals surface area contributed by atoms with Crippen molar-refractivity contribution < 1.29 is 24.2 Å². The first-order valence-electron chi connectivity index (χ1n) is 9.79. The molecule has 1 saturated heterocycles. The number of ether oxygens (including phenoxy) is 2. The van der Waals surface area contributed by atoms with Gasteiger partial charge in [-0.15, -0.1) is 0 Å². The number of hydrogen-bond donors (Lipinski definition) is 2. The zero-order valence-corrected chi connectivity index (χ0v) is 16.5. The van der Waals surface area contributed by atoms with Crippen LogP contribution in [0.5, 0.6) is 17.2 Å². The Bertz CT molecular complexity index is 847. The van der Waals surface area contributed by atoms with E-state index in [-0.39, 0.29) is 30.2 Å². The van der Waals surface area contributed by atoms with E-state index < -0.39 is 0 Å². The number of nitrogens with zero attached hydrogens (tertiary/aromatic N) is 1. The second-order valence-corrected chi connectivity index (χ2v) is 6.85. The number of nitrogens with one attached hydrogen (secondary N) is 1. The van der Waals surface area contributed by atoms with Gasteiger partial charge in [0.15, 0.2) is 18.1 Å². The summed E-state index contributed by atoms with van der Waals surface area (Å²) in [5.74, 6) is 0.923. The predicted molar refractivity (Wildman–Crippen MR) is 108 cm³/mol. The van der Waals surface area contributed by atoms with Gasteiger partial charge in [0, 0.05) is 24.7 Å². The number of rotatable bonds is 7. The SMILES string of the molecule is CCOc1ccccc1OCC(=O)N1CCC(NC(=O)c2cccc(O)c2)CC1. The smallest absolute Gasteiger partial charge is 0.260 e. The van der Waals surface area contributed by atoms with Crippen molar-refractivity contribution in [1.29, 1.82) is 0 Å². The van der Waals surface area contributed by atoms with Crippen molar-refractivity contribution in [1.82, 2.24) is 10.2 Å². The molecule has 0 unspecified atom stereocenters. The van der Waals surface area contributed by atoms with Crippen LogP contribution in [0.25, 0.3) is 0 Å². The van der Waals surface area contributed by atoms with Crippen molar-refractivity contribution in [2.24, 2.45) is 0 Å². The topological polar surface area (TPSA) is 88.1 Å². The Kier molecular flexibility index (Phi) is 6.94. The molecule has 29 heavy (non-hydrogen) atoms. The molecule has 2 amide bonds. The third kappa shape index (κ3) is 5.63. The van der Waals surface area contributed by atoms with Crippen LogP contribution in [0.15, 0.2) is 48.5 Å². The molecule has 1 aliphatic heterocycles. The number of carbonyl (C=O) groups excluding carboxylic acids is 2. The maximum atomic E-state index is 12.5. The summed E-state index contributed by atoms with van der Waals surface area (Å²) in [6.07, 6.45) is 1.34. The maximum absolute atomic E-state index is 12.5. The molecular formula is C22H26N2O5. The molecule has 2 N–H and O–H groups in total. The molecule has 2 aromatic carbocycles. The number of phenols is 1. The molecule has 154 valence electrons. The molecule has 0 aliphatic carbocycles. The minimum absolute atomic E-state index is 0.00602. The molecule has 0 bridgehead atoms. The van der Waals surface area contributed by atoms with Crippen molar-refractivity contribution in [3.05, 3.63) is 54.1 Å². The highest BCUT2D eigenvalue weighted by atomic mass is 16.5. The van der Waals surface area contributed by atoms with Gasteiger partial charge in [0.25, 0.3) is 11.8 Å². The first kappa shape index (κ1) is 20.5. The van der Waals surface area contributed by atoms with Gasteiger partial charge in [-0.1, -0.05) is 18.2 Å². The average molecular weight is 398 g/mol. The van der Waals surface area contributed by atoms with Gasteiger partial charge in [-0.25, -0.2) is 0 Å². The molecule has 1 heterocycles. The Hall–Kier alpha value is -3.22. The minimum atomic E-state index is -0.221. The summed E-state index contributed by atoms with van der Waals surface area (Å²) in [5.41, 5.74) is 0.421. The quantitative estimate of drug-likeness (QED) is 0.749. The number of benzene rings is 2. The number of piperidine rings is 1. The zero-order valence-electron chi connectivity index (χ0n) is 16.5. The molecule has 0 radical (unpaired) electrons. The second-order valence-electron chi connectivity index (χ2n) is 6.85. The number of aromatic hydroxyl groups is 1. The van der Waals surface area contributed by atoms with E-state index >= 15 is 0 Å². The summed E-state index contributed by atoms with van der Waals surface area (Å²) in [6, 6.07) is 13.5. The van der Waals surface area contributed by atoms with Crippen molar-refractivity contribution >= 4 is 11.8 Å². The fourth-order valence-corrected chi connectivity index (χ4v) is 3.26. The number of para-hydroxylation sites is 2. The Morgan fingerprint density at radius 2 is 1.76 bits per heavy atom. The van der Waals surface area contributed by atoms with E-state index in [2.05, 4.69) is 5.32 Å². The summed E-state index contributed by atoms with van der Waals surface area (Å²) in [6.45, 7) is 3.48. The van der Waals surface area contributed by atoms with Crippen molar-refractivity contribution in [2.75, 3.05) is 26.3 Å². The highest BCUT2D eigenvalue weighted by Gasteiger charge is 2.24. The molecule has 1 aliphatic rings. The van der Waals surface area contributed by atoms with Gasteiger partial charge in [-0.3, -0.25) is 9.59 Å². The molecule has 3 rings (SSSR count). The summed E-state index contributed by atoms with van der Waals surface area (Å²) in [5, 5.41) is 12.5. The number of likely N-dealkylation sites (tertiary alicyclic amines) is 1. The maximum Gasteiger partial charge on any atom is 0.260 e. The Morgan fingerprint density at radius 1 is 1.07 bits per heavy atom. The number of phenolic OH excluding ortho intramolecular Hbond substituents is 1. The van der Waals surface area contributed by atoms with Gasteiger partial charge < -0.3 is 24.8 Å². The fraction of sp³-hybridized carbons (Fsp3) is 0.364. The Balaban J connectivity index is 1.45. The Morgan fingerprint density at radius 3 is 2.41 bits per heavy atom. The van der Waals surface area contributed by atoms with Crippen LogP contribution in [0.2, 0.25) is 0 Å². The monoisotopic (exact) mass is 398 g/mol. The number of carbonyl (C=O) groups is 2. The minimum Gasteiger partial charge on any atom is -0.508 e. The summed E-state index contributed by atoms with van der Waals surface area (Å²) < 4.78 is 11.2. The lowest BCUT2D eigenvalue weighted by atomic mass is 10.0. The molecule has 2 aromatic rings. The number of hydrogen-bond acceptors (Lipinski definition) is 5. The molecule has 0 spiro atoms. The third-order valence-corrected chi connectivity index (χ3v) is 4.79. The highest BCUT2D eigenvalue weighted by Crippen LogP contribution is 2.26. The molecule has 1 fully saturated rings. The number of amides is 2. The van der Waals surface area contributed by atoms with Crippen molar-refractivity contribution in [3.8, 4) is 17.2 Å². The van der Waals surface area contributed by atoms with Crippen LogP contribution in [0.4, 0.5) is 0 Å². The molecule has 7 heteroatoms. The van der Waals surface area contributed by atoms with E-state index in [1.165, 1.54) is 12.1 Å². The van der Waals surface area contributed by atoms with E-state index in [0.717, 1.165) is 0 Å². The summed E-state index contributed by atoms with van der Waals surface area (Å²) in [7, 11) is 0. The molecular weight excluding hydrogens is 372 g/mol. The second kappa shape index (κ2) is 9.82. The van der Waals surface area contributed by atoms with Crippen LogP contribution in [-0.2, 0) is 4.79 Å². The van der Waals surface area contributed by atoms with Crippen LogP contribution in [-0.4, -0.2) is 54.2 Å². The highest BCUT2D eigenvalue weighted by molar-refractivity contribution is 5.94. The van der Waals surface area contributed by atoms with E-state index in [1.807, 2.05) is 25.1 Å². The normalized spacial score (nSPS) is 14.3. The first-order valence-corrected chi connectivity index (χ1v) is 9.79. The van der Waals surface area contributed by atoms with Crippen molar-refractivity contribution in [3.63, 3.8) is 0 Å². The van der Waals surface area contributed by atoms with E-state index in [1.54, 1.807) is 23.1 Å². The van der Waals surface area contributed by atoms with Gasteiger partial charge >= 0.3 is 0 Å². The van der Waals surface area contributed by atoms with Gasteiger partial charge in [-0.2, -0.15) is 0 Å². The fourth-order valence-electron chi connectivity index (χ4n) is 3.26. The first-order chi connectivity index (χ1) is 14.1. The van der Waals surface area contributed by atoms with E-state index in [0.29, 0.717) is 49.6 Å². The van der Waals surface area contributed by atoms with Gasteiger partial charge in [0.1, 0.15) is 5.75 Å². The molecule has 0 atom stereocenters. The van der Waals surface area contributed by atoms with E-state index in [4.69, 9.17) is 9.47 Å². The van der Waals surface area contributed by atoms with Gasteiger partial charge in [0.2, 0.25) is 0 Å². The third-order valence-electron chi connectivity index (χ3n) is 4.79. The standard InChI is InChI=1S/C22H26N2O5/c1-2-28-19-8-3-4-9-20(19)29-15-21(26)24-12-10-17(11-13-24)23-22(27)16-6-5-7-18(25)14-16/h3-9,14,17,25H,2,10-13,15H2,1H3,(H,23,27). The zero-order chi connectivity index (χ0) is 20.6. The lowest BCUT2D eigenvalue weighted by Gasteiger charge is -2.32. The molecule has 7 nitrogen and oxygen atoms in total. The van der Waals surface area contributed by atoms with Crippen LogP contribution >= 0.6 is 0 Å². The lowest BCUT2D eigenvalue weighted by Crippen LogP contribution is -2.47. The van der Waals surface area contributed by atoms with Crippen molar-refractivity contribution in [2.45, 2.75) is 25.8 Å². The van der Waals surface area contributed by atoms with E-state index in [9.17, 15) is 14.7 Å².